The highest BCUT2D eigenvalue weighted by atomic mass is 16.4. The molecule has 0 heterocycles. The molecule has 18 heavy (non-hydrogen) atoms. The molecule has 0 aliphatic heterocycles. The van der Waals surface area contributed by atoms with E-state index in [1.165, 1.54) is 6.42 Å². The molecule has 108 valence electrons. The topological polar surface area (TPSA) is 73.9 Å². The van der Waals surface area contributed by atoms with Crippen molar-refractivity contribution in [2.75, 3.05) is 26.7 Å². The summed E-state index contributed by atoms with van der Waals surface area (Å²) < 4.78 is 0. The van der Waals surface area contributed by atoms with Crippen LogP contribution in [0.25, 0.3) is 0 Å². The molecule has 0 fully saturated rings. The van der Waals surface area contributed by atoms with Crippen molar-refractivity contribution >= 4 is 5.84 Å². The Morgan fingerprint density at radius 1 is 1.44 bits per heavy atom. The number of amidine groups is 1. The molecule has 1 atom stereocenters. The SMILES string of the molecule is CCC(C)N(C)CCNCCC(C)(C)C(N)=NO. The third kappa shape index (κ3) is 6.21. The molecule has 0 radical (unpaired) electrons. The lowest BCUT2D eigenvalue weighted by Crippen LogP contribution is -2.38. The van der Waals surface area contributed by atoms with Crippen molar-refractivity contribution in [2.45, 2.75) is 46.6 Å². The van der Waals surface area contributed by atoms with Crippen molar-refractivity contribution in [2.24, 2.45) is 16.3 Å². The number of hydrogen-bond donors (Lipinski definition) is 3. The summed E-state index contributed by atoms with van der Waals surface area (Å²) in [5, 5.41) is 15.1. The summed E-state index contributed by atoms with van der Waals surface area (Å²) in [6.07, 6.45) is 2.03. The maximum Gasteiger partial charge on any atom is 0.144 e. The molecule has 0 saturated heterocycles. The van der Waals surface area contributed by atoms with Gasteiger partial charge in [0.25, 0.3) is 0 Å². The van der Waals surface area contributed by atoms with Crippen molar-refractivity contribution in [3.8, 4) is 0 Å². The van der Waals surface area contributed by atoms with E-state index in [4.69, 9.17) is 10.9 Å². The van der Waals surface area contributed by atoms with Crippen molar-refractivity contribution in [1.82, 2.24) is 10.2 Å². The lowest BCUT2D eigenvalue weighted by molar-refractivity contribution is 0.250. The van der Waals surface area contributed by atoms with Gasteiger partial charge in [0, 0.05) is 24.5 Å². The largest absolute Gasteiger partial charge is 0.409 e. The third-order valence-electron chi connectivity index (χ3n) is 3.71. The minimum absolute atomic E-state index is 0.260. The molecule has 0 bridgehead atoms. The molecule has 0 rings (SSSR count). The fourth-order valence-corrected chi connectivity index (χ4v) is 1.58. The number of nitrogens with zero attached hydrogens (tertiary/aromatic N) is 2. The molecular weight excluding hydrogens is 228 g/mol. The average molecular weight is 258 g/mol. The number of oxime groups is 1. The van der Waals surface area contributed by atoms with Crippen LogP contribution in [0.1, 0.15) is 40.5 Å². The zero-order valence-corrected chi connectivity index (χ0v) is 12.5. The summed E-state index contributed by atoms with van der Waals surface area (Å²) in [6, 6.07) is 0.625. The van der Waals surface area contributed by atoms with Gasteiger partial charge >= 0.3 is 0 Å². The first-order chi connectivity index (χ1) is 8.35. The fraction of sp³-hybridized carbons (Fsp3) is 0.923. The Morgan fingerprint density at radius 3 is 2.56 bits per heavy atom. The highest BCUT2D eigenvalue weighted by Crippen LogP contribution is 2.19. The number of nitrogens with two attached hydrogens (primary N) is 1. The Balaban J connectivity index is 3.75. The minimum atomic E-state index is -0.260. The molecule has 0 aromatic carbocycles. The Morgan fingerprint density at radius 2 is 2.06 bits per heavy atom. The summed E-state index contributed by atoms with van der Waals surface area (Å²) in [5.41, 5.74) is 5.38. The van der Waals surface area contributed by atoms with Gasteiger partial charge in [-0.05, 0) is 33.4 Å². The van der Waals surface area contributed by atoms with E-state index in [1.54, 1.807) is 0 Å². The normalized spacial score (nSPS) is 15.1. The summed E-state index contributed by atoms with van der Waals surface area (Å²) in [4.78, 5) is 2.35. The van der Waals surface area contributed by atoms with Crippen LogP contribution in [-0.4, -0.2) is 48.7 Å². The summed E-state index contributed by atoms with van der Waals surface area (Å²) in [5.74, 6) is 0.293. The van der Waals surface area contributed by atoms with Crippen LogP contribution in [-0.2, 0) is 0 Å². The van der Waals surface area contributed by atoms with E-state index in [2.05, 4.69) is 36.3 Å². The Hall–Kier alpha value is -0.810. The van der Waals surface area contributed by atoms with Crippen LogP contribution in [0.5, 0.6) is 0 Å². The Labute approximate surface area is 111 Å². The summed E-state index contributed by atoms with van der Waals surface area (Å²) in [7, 11) is 2.15. The van der Waals surface area contributed by atoms with Crippen LogP contribution in [0.15, 0.2) is 5.16 Å². The van der Waals surface area contributed by atoms with E-state index in [-0.39, 0.29) is 5.41 Å². The smallest absolute Gasteiger partial charge is 0.144 e. The predicted octanol–water partition coefficient (Wildman–Crippen LogP) is 1.47. The van der Waals surface area contributed by atoms with Crippen molar-refractivity contribution in [1.29, 1.82) is 0 Å². The van der Waals surface area contributed by atoms with Gasteiger partial charge in [0.15, 0.2) is 0 Å². The van der Waals surface area contributed by atoms with E-state index in [0.717, 1.165) is 26.1 Å². The molecule has 5 nitrogen and oxygen atoms in total. The van der Waals surface area contributed by atoms with E-state index in [0.29, 0.717) is 11.9 Å². The van der Waals surface area contributed by atoms with Gasteiger partial charge in [-0.15, -0.1) is 0 Å². The molecule has 5 heteroatoms. The zero-order chi connectivity index (χ0) is 14.2. The maximum atomic E-state index is 8.67. The molecule has 4 N–H and O–H groups in total. The summed E-state index contributed by atoms with van der Waals surface area (Å²) in [6.45, 7) is 11.3. The first kappa shape index (κ1) is 17.2. The van der Waals surface area contributed by atoms with Gasteiger partial charge in [-0.3, -0.25) is 0 Å². The minimum Gasteiger partial charge on any atom is -0.409 e. The highest BCUT2D eigenvalue weighted by molar-refractivity contribution is 5.85. The van der Waals surface area contributed by atoms with E-state index < -0.39 is 0 Å². The van der Waals surface area contributed by atoms with Crippen molar-refractivity contribution < 1.29 is 5.21 Å². The van der Waals surface area contributed by atoms with Gasteiger partial charge in [0.1, 0.15) is 5.84 Å². The van der Waals surface area contributed by atoms with Crippen molar-refractivity contribution in [3.05, 3.63) is 0 Å². The number of nitrogens with one attached hydrogen (secondary N) is 1. The second kappa shape index (κ2) is 8.32. The molecule has 0 aliphatic carbocycles. The number of rotatable bonds is 9. The van der Waals surface area contributed by atoms with E-state index in [1.807, 2.05) is 13.8 Å². The molecule has 0 amide bonds. The second-order valence-corrected chi connectivity index (χ2v) is 5.61. The van der Waals surface area contributed by atoms with Gasteiger partial charge < -0.3 is 21.2 Å². The Kier molecular flexibility index (Phi) is 7.95. The summed E-state index contributed by atoms with van der Waals surface area (Å²) >= 11 is 0. The molecule has 0 aromatic heterocycles. The van der Waals surface area contributed by atoms with E-state index in [9.17, 15) is 0 Å². The third-order valence-corrected chi connectivity index (χ3v) is 3.71. The van der Waals surface area contributed by atoms with Crippen LogP contribution < -0.4 is 11.1 Å². The predicted molar refractivity (Wildman–Crippen MR) is 77.1 cm³/mol. The zero-order valence-electron chi connectivity index (χ0n) is 12.5. The molecule has 0 saturated carbocycles. The number of likely N-dealkylation sites (N-methyl/N-ethyl adjacent to an activating group) is 1. The van der Waals surface area contributed by atoms with Gasteiger partial charge in [0.2, 0.25) is 0 Å². The maximum absolute atomic E-state index is 8.67. The van der Waals surface area contributed by atoms with Crippen LogP contribution >= 0.6 is 0 Å². The van der Waals surface area contributed by atoms with Crippen LogP contribution in [0.3, 0.4) is 0 Å². The molecule has 1 unspecified atom stereocenters. The highest BCUT2D eigenvalue weighted by Gasteiger charge is 2.22. The van der Waals surface area contributed by atoms with Crippen LogP contribution in [0.2, 0.25) is 0 Å². The lowest BCUT2D eigenvalue weighted by Gasteiger charge is -2.25. The van der Waals surface area contributed by atoms with Gasteiger partial charge in [0.05, 0.1) is 0 Å². The standard InChI is InChI=1S/C13H30N4O/c1-6-11(2)17(5)10-9-15-8-7-13(3,4)12(14)16-18/h11,15,18H,6-10H2,1-5H3,(H2,14,16). The average Bonchev–Trinajstić information content (AvgIpc) is 2.35. The van der Waals surface area contributed by atoms with Gasteiger partial charge in [-0.2, -0.15) is 0 Å². The molecule has 0 spiro atoms. The Bertz CT molecular complexity index is 253. The van der Waals surface area contributed by atoms with Crippen LogP contribution in [0.4, 0.5) is 0 Å². The molecule has 0 aromatic rings. The number of hydrogen-bond acceptors (Lipinski definition) is 4. The monoisotopic (exact) mass is 258 g/mol. The lowest BCUT2D eigenvalue weighted by atomic mass is 9.88. The second-order valence-electron chi connectivity index (χ2n) is 5.61. The van der Waals surface area contributed by atoms with E-state index >= 15 is 0 Å². The van der Waals surface area contributed by atoms with Crippen LogP contribution in [0, 0.1) is 5.41 Å². The fourth-order valence-electron chi connectivity index (χ4n) is 1.58. The van der Waals surface area contributed by atoms with Gasteiger partial charge in [-0.1, -0.05) is 25.9 Å². The first-order valence-corrected chi connectivity index (χ1v) is 6.74. The van der Waals surface area contributed by atoms with Gasteiger partial charge in [-0.25, -0.2) is 0 Å². The molecule has 0 aliphatic rings. The quantitative estimate of drug-likeness (QED) is 0.192. The van der Waals surface area contributed by atoms with Crippen molar-refractivity contribution in [3.63, 3.8) is 0 Å². The first-order valence-electron chi connectivity index (χ1n) is 6.74. The molecular formula is C13H30N4O.